The third-order valence-electron chi connectivity index (χ3n) is 0. The fourth-order valence-corrected chi connectivity index (χ4v) is 0. The van der Waals surface area contributed by atoms with E-state index in [0.29, 0.717) is 0 Å². The summed E-state index contributed by atoms with van der Waals surface area (Å²) >= 11 is 0. The van der Waals surface area contributed by atoms with E-state index in [1.165, 1.54) is 0 Å². The number of rotatable bonds is 0. The Labute approximate surface area is 205 Å². The van der Waals surface area contributed by atoms with Crippen molar-refractivity contribution in [3.05, 3.63) is 0 Å². The molecule has 0 heterocycles. The normalized spacial score (nSPS) is 0. The summed E-state index contributed by atoms with van der Waals surface area (Å²) in [5.74, 6) is 0. The summed E-state index contributed by atoms with van der Waals surface area (Å²) in [5.41, 5.74) is 0. The summed E-state index contributed by atoms with van der Waals surface area (Å²) in [4.78, 5) is 0. The van der Waals surface area contributed by atoms with Crippen LogP contribution in [-0.4, -0.2) is 213 Å². The molecule has 0 aliphatic carbocycles. The Hall–Kier alpha value is 6.91. The first-order valence-corrected chi connectivity index (χ1v) is 0. The molecule has 0 nitrogen and oxygen atoms in total. The Balaban J connectivity index is 0. The summed E-state index contributed by atoms with van der Waals surface area (Å²) in [5, 5.41) is 0. The van der Waals surface area contributed by atoms with Crippen molar-refractivity contribution in [2.24, 2.45) is 0 Å². The van der Waals surface area contributed by atoms with E-state index in [4.69, 9.17) is 0 Å². The van der Waals surface area contributed by atoms with E-state index in [-0.39, 0.29) is 213 Å². The third kappa shape index (κ3) is 18.1. The average molecular weight is 163 g/mol. The van der Waals surface area contributed by atoms with Gasteiger partial charge in [0.15, 0.2) is 0 Å². The molecular weight excluding hydrogens is 163 g/mol. The molecule has 0 saturated carbocycles. The van der Waals surface area contributed by atoms with Crippen LogP contribution in [0.1, 0.15) is 0 Å². The van der Waals surface area contributed by atoms with Crippen LogP contribution in [0.4, 0.5) is 0 Å². The van der Waals surface area contributed by atoms with Gasteiger partial charge in [-0.05, 0) is 0 Å². The van der Waals surface area contributed by atoms with Gasteiger partial charge in [-0.15, -0.1) is 0 Å². The summed E-state index contributed by atoms with van der Waals surface area (Å²) in [6.07, 6.45) is 0. The minimum Gasteiger partial charge on any atom is 0 e. The molecule has 5 heteroatoms. The van der Waals surface area contributed by atoms with Crippen LogP contribution >= 0.6 is 0 Å². The molecule has 0 fully saturated rings. The quantitative estimate of drug-likeness (QED) is 0.366. The minimum absolute atomic E-state index is 0. The standard InChI is InChI=1S/3K.2Na. The molecule has 0 aliphatic heterocycles. The van der Waals surface area contributed by atoms with Crippen LogP contribution in [0.25, 0.3) is 0 Å². The Morgan fingerprint density at radius 3 is 0.400 bits per heavy atom. The van der Waals surface area contributed by atoms with E-state index in [2.05, 4.69) is 0 Å². The Morgan fingerprint density at radius 1 is 0.400 bits per heavy atom. The second-order valence-electron chi connectivity index (χ2n) is 0. The molecule has 0 N–H and O–H groups in total. The van der Waals surface area contributed by atoms with Crippen LogP contribution < -0.4 is 0 Å². The van der Waals surface area contributed by atoms with Crippen LogP contribution in [0, 0.1) is 0 Å². The van der Waals surface area contributed by atoms with Crippen molar-refractivity contribution in [2.45, 2.75) is 0 Å². The largest absolute Gasteiger partial charge is 0 e. The Kier molecular flexibility index (Phi) is 133. The maximum atomic E-state index is 0. The van der Waals surface area contributed by atoms with E-state index in [0.717, 1.165) is 0 Å². The zero-order chi connectivity index (χ0) is 0. The minimum atomic E-state index is 0. The number of hydrogen-bond donors (Lipinski definition) is 0. The molecule has 5 valence electrons. The molecule has 0 aliphatic rings. The van der Waals surface area contributed by atoms with Gasteiger partial charge < -0.3 is 0 Å². The first kappa shape index (κ1) is 29.7. The van der Waals surface area contributed by atoms with Crippen LogP contribution in [0.15, 0.2) is 0 Å². The maximum absolute atomic E-state index is 0. The zero-order valence-corrected chi connectivity index (χ0v) is 18.4. The van der Waals surface area contributed by atoms with Crippen molar-refractivity contribution in [1.82, 2.24) is 0 Å². The van der Waals surface area contributed by atoms with Crippen molar-refractivity contribution in [3.8, 4) is 0 Å². The summed E-state index contributed by atoms with van der Waals surface area (Å²) < 4.78 is 0. The van der Waals surface area contributed by atoms with Crippen molar-refractivity contribution in [3.63, 3.8) is 0 Å². The molecule has 0 saturated heterocycles. The Morgan fingerprint density at radius 2 is 0.400 bits per heavy atom. The monoisotopic (exact) mass is 163 g/mol. The predicted molar refractivity (Wildman–Crippen MR) is 28.8 cm³/mol. The van der Waals surface area contributed by atoms with Gasteiger partial charge in [-0.3, -0.25) is 0 Å². The van der Waals surface area contributed by atoms with Crippen molar-refractivity contribution >= 4 is 213 Å². The topological polar surface area (TPSA) is 0 Å². The molecule has 0 spiro atoms. The van der Waals surface area contributed by atoms with Crippen molar-refractivity contribution in [1.29, 1.82) is 0 Å². The second kappa shape index (κ2) is 22.4. The van der Waals surface area contributed by atoms with Gasteiger partial charge in [-0.2, -0.15) is 0 Å². The molecule has 0 unspecified atom stereocenters. The fraction of sp³-hybridized carbons (Fsp3) is 0. The van der Waals surface area contributed by atoms with Gasteiger partial charge in [0.2, 0.25) is 0 Å². The van der Waals surface area contributed by atoms with E-state index in [1.807, 2.05) is 0 Å². The van der Waals surface area contributed by atoms with Gasteiger partial charge in [-0.1, -0.05) is 0 Å². The van der Waals surface area contributed by atoms with E-state index in [1.54, 1.807) is 0 Å². The van der Waals surface area contributed by atoms with E-state index >= 15 is 0 Å². The molecule has 0 atom stereocenters. The van der Waals surface area contributed by atoms with Gasteiger partial charge in [0.1, 0.15) is 0 Å². The SMILES string of the molecule is [K].[K].[K].[Na].[Na]. The van der Waals surface area contributed by atoms with Gasteiger partial charge in [0.05, 0.1) is 0 Å². The van der Waals surface area contributed by atoms with Crippen LogP contribution in [-0.2, 0) is 0 Å². The third-order valence-corrected chi connectivity index (χ3v) is 0. The number of hydrogen-bond acceptors (Lipinski definition) is 0. The molecule has 0 rings (SSSR count). The molecular formula is K3Na2. The summed E-state index contributed by atoms with van der Waals surface area (Å²) in [6, 6.07) is 0. The first-order valence-electron chi connectivity index (χ1n) is 0. The van der Waals surface area contributed by atoms with E-state index < -0.39 is 0 Å². The van der Waals surface area contributed by atoms with Gasteiger partial charge in [-0.25, -0.2) is 0 Å². The van der Waals surface area contributed by atoms with Crippen LogP contribution in [0.5, 0.6) is 0 Å². The molecule has 0 aromatic carbocycles. The smallest absolute Gasteiger partial charge is 0 e. The molecule has 0 aromatic rings. The van der Waals surface area contributed by atoms with Gasteiger partial charge >= 0.3 is 0 Å². The molecule has 5 radical (unpaired) electrons. The summed E-state index contributed by atoms with van der Waals surface area (Å²) in [6.45, 7) is 0. The zero-order valence-electron chi connectivity index (χ0n) is 5.00. The van der Waals surface area contributed by atoms with E-state index in [9.17, 15) is 0 Å². The average Bonchev–Trinajstić information content (AvgIpc) is 0. The van der Waals surface area contributed by atoms with Crippen molar-refractivity contribution < 1.29 is 0 Å². The second-order valence-corrected chi connectivity index (χ2v) is 0. The molecule has 5 heavy (non-hydrogen) atoms. The maximum Gasteiger partial charge on any atom is 0 e. The molecule has 0 amide bonds. The van der Waals surface area contributed by atoms with Crippen molar-refractivity contribution in [2.75, 3.05) is 0 Å². The van der Waals surface area contributed by atoms with Gasteiger partial charge in [0, 0.05) is 213 Å². The predicted octanol–water partition coefficient (Wildman–Crippen LogP) is -1.90. The molecule has 0 aromatic heterocycles. The molecule has 0 bridgehead atoms. The summed E-state index contributed by atoms with van der Waals surface area (Å²) in [7, 11) is 0. The Bertz CT molecular complexity index is 4.85. The van der Waals surface area contributed by atoms with Crippen LogP contribution in [0.3, 0.4) is 0 Å². The van der Waals surface area contributed by atoms with Crippen LogP contribution in [0.2, 0.25) is 0 Å². The first-order chi connectivity index (χ1) is 0. The van der Waals surface area contributed by atoms with Gasteiger partial charge in [0.25, 0.3) is 0 Å². The fourth-order valence-electron chi connectivity index (χ4n) is 0.